The van der Waals surface area contributed by atoms with Crippen LogP contribution in [0.4, 0.5) is 0 Å². The van der Waals surface area contributed by atoms with Crippen LogP contribution in [0, 0.1) is 0 Å². The zero-order chi connectivity index (χ0) is 21.9. The molecule has 0 saturated heterocycles. The van der Waals surface area contributed by atoms with Crippen LogP contribution in [0.15, 0.2) is 65.8 Å². The summed E-state index contributed by atoms with van der Waals surface area (Å²) >= 11 is 0. The molecule has 0 atom stereocenters. The van der Waals surface area contributed by atoms with Gasteiger partial charge in [-0.05, 0) is 47.9 Å². The second-order valence-corrected chi connectivity index (χ2v) is 6.99. The van der Waals surface area contributed by atoms with Crippen molar-refractivity contribution in [3.63, 3.8) is 0 Å². The van der Waals surface area contributed by atoms with E-state index < -0.39 is 0 Å². The smallest absolute Gasteiger partial charge is 0.277 e. The number of carbonyl (C=O) groups is 1. The van der Waals surface area contributed by atoms with E-state index >= 15 is 0 Å². The molecule has 162 valence electrons. The average molecular weight is 421 g/mol. The first-order valence-corrected chi connectivity index (χ1v) is 10.5. The van der Waals surface area contributed by atoms with Gasteiger partial charge in [0.05, 0.1) is 19.4 Å². The lowest BCUT2D eigenvalue weighted by Crippen LogP contribution is -2.24. The van der Waals surface area contributed by atoms with E-state index in [0.29, 0.717) is 24.7 Å². The molecule has 31 heavy (non-hydrogen) atoms. The first kappa shape index (κ1) is 22.2. The second-order valence-electron chi connectivity index (χ2n) is 6.99. The number of hydrogen-bond acceptors (Lipinski definition) is 5. The lowest BCUT2D eigenvalue weighted by Gasteiger charge is -2.11. The summed E-state index contributed by atoms with van der Waals surface area (Å²) in [7, 11) is 0. The Bertz CT molecular complexity index is 1030. The molecule has 0 heterocycles. The highest BCUT2D eigenvalue weighted by Crippen LogP contribution is 2.24. The van der Waals surface area contributed by atoms with Crippen molar-refractivity contribution in [3.05, 3.63) is 66.2 Å². The molecular formula is C25H28N2O4. The molecule has 3 aromatic rings. The van der Waals surface area contributed by atoms with E-state index in [2.05, 4.69) is 17.5 Å². The minimum Gasteiger partial charge on any atom is -0.493 e. The number of ether oxygens (including phenoxy) is 3. The molecule has 0 spiro atoms. The van der Waals surface area contributed by atoms with Crippen LogP contribution < -0.4 is 19.6 Å². The number of hydrogen-bond donors (Lipinski definition) is 1. The number of nitrogens with one attached hydrogen (secondary N) is 1. The molecule has 0 aliphatic heterocycles. The largest absolute Gasteiger partial charge is 0.493 e. The van der Waals surface area contributed by atoms with Gasteiger partial charge in [0.2, 0.25) is 0 Å². The Labute approximate surface area is 182 Å². The minimum atomic E-state index is -0.344. The highest BCUT2D eigenvalue weighted by atomic mass is 16.5. The van der Waals surface area contributed by atoms with Gasteiger partial charge in [0.1, 0.15) is 17.2 Å². The average Bonchev–Trinajstić information content (AvgIpc) is 2.80. The summed E-state index contributed by atoms with van der Waals surface area (Å²) in [5, 5.41) is 6.22. The highest BCUT2D eigenvalue weighted by Gasteiger charge is 2.06. The van der Waals surface area contributed by atoms with Crippen molar-refractivity contribution in [1.29, 1.82) is 0 Å². The van der Waals surface area contributed by atoms with Crippen molar-refractivity contribution in [1.82, 2.24) is 5.43 Å². The third-order valence-corrected chi connectivity index (χ3v) is 4.40. The molecule has 6 nitrogen and oxygen atoms in total. The number of hydrazone groups is 1. The number of nitrogens with zero attached hydrogens (tertiary/aromatic N) is 1. The third kappa shape index (κ3) is 6.74. The third-order valence-electron chi connectivity index (χ3n) is 4.40. The molecule has 3 rings (SSSR count). The van der Waals surface area contributed by atoms with Gasteiger partial charge in [0.25, 0.3) is 5.91 Å². The van der Waals surface area contributed by atoms with E-state index in [1.165, 1.54) is 0 Å². The fourth-order valence-corrected chi connectivity index (χ4v) is 2.88. The molecule has 0 saturated carbocycles. The van der Waals surface area contributed by atoms with E-state index in [-0.39, 0.29) is 12.5 Å². The maximum atomic E-state index is 12.1. The Kier molecular flexibility index (Phi) is 8.29. The van der Waals surface area contributed by atoms with E-state index in [1.807, 2.05) is 67.6 Å². The molecule has 1 N–H and O–H groups in total. The van der Waals surface area contributed by atoms with Crippen molar-refractivity contribution in [2.45, 2.75) is 26.7 Å². The van der Waals surface area contributed by atoms with Crippen molar-refractivity contribution in [2.75, 3.05) is 19.8 Å². The maximum absolute atomic E-state index is 12.1. The lowest BCUT2D eigenvalue weighted by molar-refractivity contribution is -0.123. The molecule has 1 amide bonds. The summed E-state index contributed by atoms with van der Waals surface area (Å²) in [5.74, 6) is 1.71. The van der Waals surface area contributed by atoms with Crippen LogP contribution in [-0.2, 0) is 4.79 Å². The highest BCUT2D eigenvalue weighted by molar-refractivity contribution is 5.86. The van der Waals surface area contributed by atoms with E-state index in [4.69, 9.17) is 14.2 Å². The lowest BCUT2D eigenvalue weighted by atomic mass is 10.1. The fourth-order valence-electron chi connectivity index (χ4n) is 2.88. The van der Waals surface area contributed by atoms with Crippen LogP contribution in [0.1, 0.15) is 32.3 Å². The van der Waals surface area contributed by atoms with Gasteiger partial charge in [-0.2, -0.15) is 5.10 Å². The molecule has 0 aromatic heterocycles. The second kappa shape index (κ2) is 11.6. The normalized spacial score (nSPS) is 10.9. The summed E-state index contributed by atoms with van der Waals surface area (Å²) in [4.78, 5) is 12.1. The summed E-state index contributed by atoms with van der Waals surface area (Å²) in [6, 6.07) is 19.3. The number of rotatable bonds is 11. The predicted octanol–water partition coefficient (Wildman–Crippen LogP) is 4.95. The summed E-state index contributed by atoms with van der Waals surface area (Å²) in [6.45, 7) is 5.21. The molecule has 0 unspecified atom stereocenters. The molecule has 3 aromatic carbocycles. The Hall–Kier alpha value is -3.54. The standard InChI is InChI=1S/C25H28N2O4/c1-3-13-29-23-12-10-21(24(16-23)30-14-4-2)17-26-27-25(28)18-31-22-11-9-19-7-5-6-8-20(19)15-22/h5-12,15-17H,3-4,13-14,18H2,1-2H3,(H,27,28)/b26-17-. The van der Waals surface area contributed by atoms with Crippen LogP contribution in [0.2, 0.25) is 0 Å². The predicted molar refractivity (Wildman–Crippen MR) is 123 cm³/mol. The molecule has 0 radical (unpaired) electrons. The van der Waals surface area contributed by atoms with E-state index in [9.17, 15) is 4.79 Å². The topological polar surface area (TPSA) is 69.2 Å². The van der Waals surface area contributed by atoms with Crippen LogP contribution in [0.3, 0.4) is 0 Å². The molecule has 0 bridgehead atoms. The fraction of sp³-hybridized carbons (Fsp3) is 0.280. The van der Waals surface area contributed by atoms with Gasteiger partial charge >= 0.3 is 0 Å². The summed E-state index contributed by atoms with van der Waals surface area (Å²) in [6.07, 6.45) is 3.38. The van der Waals surface area contributed by atoms with Crippen molar-refractivity contribution in [2.24, 2.45) is 5.10 Å². The minimum absolute atomic E-state index is 0.126. The number of amides is 1. The van der Waals surface area contributed by atoms with Gasteiger partial charge in [-0.1, -0.05) is 44.2 Å². The molecule has 0 aliphatic rings. The van der Waals surface area contributed by atoms with E-state index in [1.54, 1.807) is 6.21 Å². The molecule has 0 aliphatic carbocycles. The number of benzene rings is 3. The van der Waals surface area contributed by atoms with Crippen LogP contribution >= 0.6 is 0 Å². The first-order chi connectivity index (χ1) is 15.2. The summed E-state index contributed by atoms with van der Waals surface area (Å²) < 4.78 is 17.0. The van der Waals surface area contributed by atoms with Gasteiger partial charge < -0.3 is 14.2 Å². The van der Waals surface area contributed by atoms with Crippen LogP contribution in [-0.4, -0.2) is 31.9 Å². The maximum Gasteiger partial charge on any atom is 0.277 e. The SMILES string of the molecule is CCCOc1ccc(/C=N\NC(=O)COc2ccc3ccccc3c2)c(OCCC)c1. The molecule has 6 heteroatoms. The van der Waals surface area contributed by atoms with Gasteiger partial charge in [0.15, 0.2) is 6.61 Å². The first-order valence-electron chi connectivity index (χ1n) is 10.5. The zero-order valence-electron chi connectivity index (χ0n) is 18.0. The van der Waals surface area contributed by atoms with Crippen molar-refractivity contribution in [3.8, 4) is 17.2 Å². The zero-order valence-corrected chi connectivity index (χ0v) is 18.0. The molecule has 0 fully saturated rings. The van der Waals surface area contributed by atoms with Crippen molar-refractivity contribution >= 4 is 22.9 Å². The monoisotopic (exact) mass is 420 g/mol. The van der Waals surface area contributed by atoms with Gasteiger partial charge in [-0.25, -0.2) is 5.43 Å². The van der Waals surface area contributed by atoms with Gasteiger partial charge in [0, 0.05) is 11.6 Å². The summed E-state index contributed by atoms with van der Waals surface area (Å²) in [5.41, 5.74) is 3.25. The quantitative estimate of drug-likeness (QED) is 0.352. The number of carbonyl (C=O) groups excluding carboxylic acids is 1. The Balaban J connectivity index is 1.56. The van der Waals surface area contributed by atoms with Gasteiger partial charge in [-0.15, -0.1) is 0 Å². The van der Waals surface area contributed by atoms with Crippen LogP contribution in [0.25, 0.3) is 10.8 Å². The Morgan fingerprint density at radius 2 is 1.58 bits per heavy atom. The Morgan fingerprint density at radius 3 is 2.39 bits per heavy atom. The molecular weight excluding hydrogens is 392 g/mol. The van der Waals surface area contributed by atoms with Gasteiger partial charge in [-0.3, -0.25) is 4.79 Å². The number of fused-ring (bicyclic) bond motifs is 1. The van der Waals surface area contributed by atoms with Crippen LogP contribution in [0.5, 0.6) is 17.2 Å². The Morgan fingerprint density at radius 1 is 0.871 bits per heavy atom. The van der Waals surface area contributed by atoms with E-state index in [0.717, 1.165) is 34.9 Å². The van der Waals surface area contributed by atoms with Crippen molar-refractivity contribution < 1.29 is 19.0 Å².